The topological polar surface area (TPSA) is 55.1 Å². The van der Waals surface area contributed by atoms with Gasteiger partial charge in [0.05, 0.1) is 17.1 Å². The molecule has 1 unspecified atom stereocenters. The fourth-order valence-electron chi connectivity index (χ4n) is 2.07. The highest BCUT2D eigenvalue weighted by atomic mass is 16.4. The van der Waals surface area contributed by atoms with Gasteiger partial charge in [0.2, 0.25) is 0 Å². The van der Waals surface area contributed by atoms with Gasteiger partial charge >= 0.3 is 5.97 Å². The van der Waals surface area contributed by atoms with Crippen molar-refractivity contribution in [3.05, 3.63) is 30.0 Å². The number of hydrogen-bond acceptors (Lipinski definition) is 2. The molecule has 0 spiro atoms. The van der Waals surface area contributed by atoms with Gasteiger partial charge < -0.3 is 5.11 Å². The van der Waals surface area contributed by atoms with Crippen molar-refractivity contribution in [1.82, 2.24) is 9.78 Å². The minimum Gasteiger partial charge on any atom is -0.481 e. The first-order chi connectivity index (χ1) is 7.65. The minimum atomic E-state index is -0.795. The van der Waals surface area contributed by atoms with Crippen LogP contribution in [0.5, 0.6) is 0 Å². The largest absolute Gasteiger partial charge is 0.481 e. The highest BCUT2D eigenvalue weighted by molar-refractivity contribution is 5.87. The predicted molar refractivity (Wildman–Crippen MR) is 61.4 cm³/mol. The Morgan fingerprint density at radius 2 is 2.19 bits per heavy atom. The van der Waals surface area contributed by atoms with E-state index < -0.39 is 11.9 Å². The van der Waals surface area contributed by atoms with Crippen LogP contribution in [0.25, 0.3) is 10.9 Å². The Labute approximate surface area is 93.5 Å². The molecule has 2 aromatic rings. The van der Waals surface area contributed by atoms with Crippen molar-refractivity contribution in [2.75, 3.05) is 0 Å². The maximum absolute atomic E-state index is 11.2. The average molecular weight is 218 g/mol. The van der Waals surface area contributed by atoms with Crippen molar-refractivity contribution in [2.24, 2.45) is 7.05 Å². The van der Waals surface area contributed by atoms with Crippen molar-refractivity contribution in [2.45, 2.75) is 19.3 Å². The van der Waals surface area contributed by atoms with Crippen LogP contribution >= 0.6 is 0 Å². The zero-order valence-corrected chi connectivity index (χ0v) is 9.34. The van der Waals surface area contributed by atoms with Crippen LogP contribution in [0.4, 0.5) is 0 Å². The van der Waals surface area contributed by atoms with Gasteiger partial charge in [-0.25, -0.2) is 0 Å². The zero-order chi connectivity index (χ0) is 11.7. The summed E-state index contributed by atoms with van der Waals surface area (Å²) in [6.45, 7) is 1.88. The van der Waals surface area contributed by atoms with Crippen molar-refractivity contribution < 1.29 is 9.90 Å². The molecule has 0 radical (unpaired) electrons. The number of rotatable bonds is 3. The smallest absolute Gasteiger partial charge is 0.312 e. The highest BCUT2D eigenvalue weighted by Crippen LogP contribution is 2.27. The van der Waals surface area contributed by atoms with Crippen LogP contribution < -0.4 is 0 Å². The molecule has 0 aliphatic carbocycles. The van der Waals surface area contributed by atoms with E-state index in [1.165, 1.54) is 0 Å². The number of fused-ring (bicyclic) bond motifs is 1. The Hall–Kier alpha value is -1.84. The second-order valence-electron chi connectivity index (χ2n) is 3.83. The van der Waals surface area contributed by atoms with Crippen LogP contribution in [-0.2, 0) is 11.8 Å². The summed E-state index contributed by atoms with van der Waals surface area (Å²) in [5, 5.41) is 14.4. The van der Waals surface area contributed by atoms with Gasteiger partial charge in [0.1, 0.15) is 0 Å². The molecule has 2 rings (SSSR count). The lowest BCUT2D eigenvalue weighted by Gasteiger charge is -2.10. The highest BCUT2D eigenvalue weighted by Gasteiger charge is 2.23. The summed E-state index contributed by atoms with van der Waals surface area (Å²) in [5.74, 6) is -1.28. The average Bonchev–Trinajstić information content (AvgIpc) is 2.57. The minimum absolute atomic E-state index is 0.489. The Morgan fingerprint density at radius 1 is 1.50 bits per heavy atom. The van der Waals surface area contributed by atoms with Gasteiger partial charge in [-0.05, 0) is 12.5 Å². The molecule has 1 aromatic heterocycles. The SMILES string of the molecule is CCC(C(=O)O)c1c2ccccc2nn1C. The van der Waals surface area contributed by atoms with Gasteiger partial charge in [-0.1, -0.05) is 25.1 Å². The van der Waals surface area contributed by atoms with E-state index in [1.54, 1.807) is 11.7 Å². The van der Waals surface area contributed by atoms with E-state index in [9.17, 15) is 9.90 Å². The summed E-state index contributed by atoms with van der Waals surface area (Å²) in [7, 11) is 1.79. The molecule has 1 heterocycles. The molecule has 4 heteroatoms. The summed E-state index contributed by atoms with van der Waals surface area (Å²) >= 11 is 0. The van der Waals surface area contributed by atoms with E-state index in [4.69, 9.17) is 0 Å². The first kappa shape index (κ1) is 10.7. The van der Waals surface area contributed by atoms with E-state index in [0.717, 1.165) is 16.6 Å². The molecule has 0 amide bonds. The number of carbonyl (C=O) groups is 1. The molecule has 0 bridgehead atoms. The fourth-order valence-corrected chi connectivity index (χ4v) is 2.07. The lowest BCUT2D eigenvalue weighted by atomic mass is 9.99. The van der Waals surface area contributed by atoms with Crippen molar-refractivity contribution in [3.8, 4) is 0 Å². The Kier molecular flexibility index (Phi) is 2.64. The first-order valence-corrected chi connectivity index (χ1v) is 5.29. The normalized spacial score (nSPS) is 12.9. The summed E-state index contributed by atoms with van der Waals surface area (Å²) in [6.07, 6.45) is 0.568. The van der Waals surface area contributed by atoms with Gasteiger partial charge in [-0.2, -0.15) is 5.10 Å². The number of nitrogens with zero attached hydrogens (tertiary/aromatic N) is 2. The molecule has 0 aliphatic heterocycles. The second-order valence-corrected chi connectivity index (χ2v) is 3.83. The van der Waals surface area contributed by atoms with Crippen LogP contribution in [0.1, 0.15) is 25.0 Å². The number of aryl methyl sites for hydroxylation is 1. The third-order valence-electron chi connectivity index (χ3n) is 2.82. The molecule has 16 heavy (non-hydrogen) atoms. The lowest BCUT2D eigenvalue weighted by Crippen LogP contribution is -2.14. The summed E-state index contributed by atoms with van der Waals surface area (Å²) in [5.41, 5.74) is 1.63. The summed E-state index contributed by atoms with van der Waals surface area (Å²) < 4.78 is 1.67. The van der Waals surface area contributed by atoms with Crippen LogP contribution in [0, 0.1) is 0 Å². The molecule has 1 N–H and O–H groups in total. The maximum atomic E-state index is 11.2. The van der Waals surface area contributed by atoms with Gasteiger partial charge in [0.25, 0.3) is 0 Å². The second kappa shape index (κ2) is 3.96. The standard InChI is InChI=1S/C12H14N2O2/c1-3-8(12(15)16)11-9-6-4-5-7-10(9)13-14(11)2/h4-8H,3H2,1-2H3,(H,15,16). The molecule has 1 aromatic carbocycles. The van der Waals surface area contributed by atoms with Gasteiger partial charge in [-0.3, -0.25) is 9.48 Å². The zero-order valence-electron chi connectivity index (χ0n) is 9.34. The molecule has 4 nitrogen and oxygen atoms in total. The molecular formula is C12H14N2O2. The summed E-state index contributed by atoms with van der Waals surface area (Å²) in [4.78, 5) is 11.2. The van der Waals surface area contributed by atoms with Gasteiger partial charge in [0, 0.05) is 12.4 Å². The Balaban J connectivity index is 2.66. The van der Waals surface area contributed by atoms with Crippen LogP contribution in [0.3, 0.4) is 0 Å². The molecule has 0 saturated heterocycles. The number of aromatic nitrogens is 2. The Bertz CT molecular complexity index is 531. The number of benzene rings is 1. The van der Waals surface area contributed by atoms with Crippen molar-refractivity contribution in [3.63, 3.8) is 0 Å². The van der Waals surface area contributed by atoms with Gasteiger partial charge in [0.15, 0.2) is 0 Å². The van der Waals surface area contributed by atoms with E-state index in [0.29, 0.717) is 6.42 Å². The third-order valence-corrected chi connectivity index (χ3v) is 2.82. The Morgan fingerprint density at radius 3 is 2.81 bits per heavy atom. The van der Waals surface area contributed by atoms with Crippen LogP contribution in [0.15, 0.2) is 24.3 Å². The van der Waals surface area contributed by atoms with Crippen molar-refractivity contribution in [1.29, 1.82) is 0 Å². The number of aliphatic carboxylic acids is 1. The summed E-state index contributed by atoms with van der Waals surface area (Å²) in [6, 6.07) is 7.62. The van der Waals surface area contributed by atoms with Crippen LogP contribution in [-0.4, -0.2) is 20.9 Å². The van der Waals surface area contributed by atoms with Gasteiger partial charge in [-0.15, -0.1) is 0 Å². The number of carboxylic acid groups (broad SMARTS) is 1. The molecule has 1 atom stereocenters. The van der Waals surface area contributed by atoms with Crippen LogP contribution in [0.2, 0.25) is 0 Å². The quantitative estimate of drug-likeness (QED) is 0.858. The van der Waals surface area contributed by atoms with E-state index in [-0.39, 0.29) is 0 Å². The lowest BCUT2D eigenvalue weighted by molar-refractivity contribution is -0.139. The number of hydrogen-bond donors (Lipinski definition) is 1. The van der Waals surface area contributed by atoms with E-state index in [2.05, 4.69) is 5.10 Å². The first-order valence-electron chi connectivity index (χ1n) is 5.29. The van der Waals surface area contributed by atoms with E-state index >= 15 is 0 Å². The fraction of sp³-hybridized carbons (Fsp3) is 0.333. The molecule has 0 fully saturated rings. The predicted octanol–water partition coefficient (Wildman–Crippen LogP) is 2.15. The maximum Gasteiger partial charge on any atom is 0.312 e. The van der Waals surface area contributed by atoms with Crippen molar-refractivity contribution >= 4 is 16.9 Å². The van der Waals surface area contributed by atoms with E-state index in [1.807, 2.05) is 31.2 Å². The molecule has 84 valence electrons. The molecule has 0 saturated carbocycles. The number of carboxylic acids is 1. The monoisotopic (exact) mass is 218 g/mol. The molecule has 0 aliphatic rings. The molecular weight excluding hydrogens is 204 g/mol. The third kappa shape index (κ3) is 1.56.